The fourth-order valence-electron chi connectivity index (χ4n) is 6.63. The Bertz CT molecular complexity index is 1670. The van der Waals surface area contributed by atoms with E-state index in [-0.39, 0.29) is 6.04 Å². The number of nitrogens with zero attached hydrogens (tertiary/aromatic N) is 1. The SMILES string of the molecule is CC(C)N(c1ccc(CC=O)cc1)c1ccc2c(c1)C1(c3ccccc3Oc3ccccc31)c1ccccc1-2. The molecule has 190 valence electrons. The van der Waals surface area contributed by atoms with Crippen LogP contribution < -0.4 is 9.64 Å². The van der Waals surface area contributed by atoms with Crippen molar-refractivity contribution in [3.63, 3.8) is 0 Å². The number of carbonyl (C=O) groups is 1. The topological polar surface area (TPSA) is 29.5 Å². The zero-order chi connectivity index (χ0) is 26.6. The third kappa shape index (κ3) is 3.39. The van der Waals surface area contributed by atoms with E-state index in [1.54, 1.807) is 0 Å². The van der Waals surface area contributed by atoms with Crippen molar-refractivity contribution in [3.8, 4) is 22.6 Å². The molecule has 1 aliphatic heterocycles. The first-order valence-electron chi connectivity index (χ1n) is 13.6. The van der Waals surface area contributed by atoms with Gasteiger partial charge in [-0.3, -0.25) is 0 Å². The summed E-state index contributed by atoms with van der Waals surface area (Å²) in [5, 5.41) is 0. The highest BCUT2D eigenvalue weighted by Crippen LogP contribution is 2.62. The van der Waals surface area contributed by atoms with Gasteiger partial charge in [0.1, 0.15) is 17.8 Å². The van der Waals surface area contributed by atoms with Crippen LogP contribution in [0.3, 0.4) is 0 Å². The molecule has 0 saturated carbocycles. The molecular weight excluding hydrogens is 478 g/mol. The summed E-state index contributed by atoms with van der Waals surface area (Å²) in [7, 11) is 0. The first kappa shape index (κ1) is 23.5. The number of hydrogen-bond donors (Lipinski definition) is 0. The van der Waals surface area contributed by atoms with Gasteiger partial charge < -0.3 is 14.4 Å². The Labute approximate surface area is 229 Å². The van der Waals surface area contributed by atoms with Gasteiger partial charge in [-0.25, -0.2) is 0 Å². The molecule has 39 heavy (non-hydrogen) atoms. The summed E-state index contributed by atoms with van der Waals surface area (Å²) in [5.74, 6) is 1.80. The molecule has 0 fully saturated rings. The average Bonchev–Trinajstić information content (AvgIpc) is 3.25. The van der Waals surface area contributed by atoms with E-state index < -0.39 is 5.41 Å². The minimum absolute atomic E-state index is 0.231. The van der Waals surface area contributed by atoms with E-state index in [1.165, 1.54) is 33.4 Å². The van der Waals surface area contributed by atoms with E-state index >= 15 is 0 Å². The van der Waals surface area contributed by atoms with E-state index in [0.29, 0.717) is 6.42 Å². The molecule has 1 heterocycles. The van der Waals surface area contributed by atoms with Gasteiger partial charge in [-0.15, -0.1) is 0 Å². The standard InChI is InChI=1S/C36H29NO2/c1-24(2)37(26-17-15-25(16-18-26)21-22-38)27-19-20-29-28-9-3-4-10-30(28)36(33(29)23-27)31-11-5-7-13-34(31)39-35-14-8-6-12-32(35)36/h3-20,22-24H,21H2,1-2H3. The van der Waals surface area contributed by atoms with Gasteiger partial charge in [0.15, 0.2) is 0 Å². The molecule has 2 aliphatic rings. The number of benzene rings is 5. The summed E-state index contributed by atoms with van der Waals surface area (Å²) in [5.41, 5.74) is 10.2. The Morgan fingerprint density at radius 1 is 0.667 bits per heavy atom. The minimum atomic E-state index is -0.482. The molecule has 1 aliphatic carbocycles. The molecule has 3 heteroatoms. The predicted molar refractivity (Wildman–Crippen MR) is 157 cm³/mol. The van der Waals surface area contributed by atoms with Crippen LogP contribution in [0.15, 0.2) is 115 Å². The Morgan fingerprint density at radius 2 is 1.23 bits per heavy atom. The molecule has 0 saturated heterocycles. The molecule has 3 nitrogen and oxygen atoms in total. The second-order valence-electron chi connectivity index (χ2n) is 10.6. The maximum Gasteiger partial charge on any atom is 0.132 e. The Hall–Kier alpha value is -4.63. The average molecular weight is 508 g/mol. The molecule has 0 aromatic heterocycles. The van der Waals surface area contributed by atoms with Crippen LogP contribution in [0.1, 0.15) is 41.7 Å². The van der Waals surface area contributed by atoms with Gasteiger partial charge >= 0.3 is 0 Å². The maximum absolute atomic E-state index is 11.0. The normalized spacial score (nSPS) is 13.7. The molecule has 5 aromatic rings. The van der Waals surface area contributed by atoms with Crippen LogP contribution in [-0.4, -0.2) is 12.3 Å². The molecule has 0 amide bonds. The molecule has 5 aromatic carbocycles. The van der Waals surface area contributed by atoms with Crippen molar-refractivity contribution in [1.82, 2.24) is 0 Å². The van der Waals surface area contributed by atoms with E-state index in [4.69, 9.17) is 4.74 Å². The summed E-state index contributed by atoms with van der Waals surface area (Å²) >= 11 is 0. The third-order valence-electron chi connectivity index (χ3n) is 8.16. The van der Waals surface area contributed by atoms with Gasteiger partial charge in [-0.2, -0.15) is 0 Å². The van der Waals surface area contributed by atoms with Gasteiger partial charge in [0.2, 0.25) is 0 Å². The van der Waals surface area contributed by atoms with Gasteiger partial charge in [-0.05, 0) is 78.1 Å². The summed E-state index contributed by atoms with van der Waals surface area (Å²) in [6, 6.07) is 41.2. The Balaban J connectivity index is 1.50. The lowest BCUT2D eigenvalue weighted by molar-refractivity contribution is -0.107. The molecule has 0 atom stereocenters. The lowest BCUT2D eigenvalue weighted by Crippen LogP contribution is -2.32. The summed E-state index contributed by atoms with van der Waals surface area (Å²) in [6.45, 7) is 4.44. The highest BCUT2D eigenvalue weighted by molar-refractivity contribution is 5.90. The maximum atomic E-state index is 11.0. The summed E-state index contributed by atoms with van der Waals surface area (Å²) in [4.78, 5) is 13.4. The van der Waals surface area contributed by atoms with Crippen molar-refractivity contribution >= 4 is 17.7 Å². The van der Waals surface area contributed by atoms with Crippen LogP contribution in [0.4, 0.5) is 11.4 Å². The fraction of sp³-hybridized carbons (Fsp3) is 0.139. The van der Waals surface area contributed by atoms with E-state index in [9.17, 15) is 4.79 Å². The Morgan fingerprint density at radius 3 is 1.87 bits per heavy atom. The number of ether oxygens (including phenoxy) is 1. The number of aldehydes is 1. The second-order valence-corrected chi connectivity index (χ2v) is 10.6. The lowest BCUT2D eigenvalue weighted by Gasteiger charge is -2.40. The number of hydrogen-bond acceptors (Lipinski definition) is 3. The van der Waals surface area contributed by atoms with Crippen molar-refractivity contribution < 1.29 is 9.53 Å². The van der Waals surface area contributed by atoms with Crippen molar-refractivity contribution in [2.24, 2.45) is 0 Å². The van der Waals surface area contributed by atoms with Gasteiger partial charge in [0, 0.05) is 35.0 Å². The van der Waals surface area contributed by atoms with Crippen LogP contribution in [0.25, 0.3) is 11.1 Å². The number of para-hydroxylation sites is 2. The molecule has 0 N–H and O–H groups in total. The first-order valence-corrected chi connectivity index (χ1v) is 13.6. The minimum Gasteiger partial charge on any atom is -0.457 e. The lowest BCUT2D eigenvalue weighted by atomic mass is 9.66. The molecular formula is C36H29NO2. The van der Waals surface area contributed by atoms with Crippen LogP contribution in [-0.2, 0) is 16.6 Å². The molecule has 7 rings (SSSR count). The molecule has 0 radical (unpaired) electrons. The zero-order valence-electron chi connectivity index (χ0n) is 22.1. The van der Waals surface area contributed by atoms with Crippen LogP contribution in [0, 0.1) is 0 Å². The van der Waals surface area contributed by atoms with Gasteiger partial charge in [0.25, 0.3) is 0 Å². The summed E-state index contributed by atoms with van der Waals surface area (Å²) < 4.78 is 6.48. The van der Waals surface area contributed by atoms with Crippen LogP contribution >= 0.6 is 0 Å². The Kier molecular flexibility index (Phi) is 5.41. The number of anilines is 2. The quantitative estimate of drug-likeness (QED) is 0.219. The number of rotatable bonds is 5. The highest BCUT2D eigenvalue weighted by Gasteiger charge is 2.51. The van der Waals surface area contributed by atoms with Crippen molar-refractivity contribution in [1.29, 1.82) is 0 Å². The largest absolute Gasteiger partial charge is 0.457 e. The first-order chi connectivity index (χ1) is 19.1. The van der Waals surface area contributed by atoms with E-state index in [1.807, 2.05) is 12.1 Å². The number of carbonyl (C=O) groups excluding carboxylic acids is 1. The fourth-order valence-corrected chi connectivity index (χ4v) is 6.63. The second kappa shape index (κ2) is 8.99. The van der Waals surface area contributed by atoms with Crippen LogP contribution in [0.2, 0.25) is 0 Å². The van der Waals surface area contributed by atoms with E-state index in [0.717, 1.165) is 34.7 Å². The number of fused-ring (bicyclic) bond motifs is 9. The molecule has 0 unspecified atom stereocenters. The summed E-state index contributed by atoms with van der Waals surface area (Å²) in [6.07, 6.45) is 1.39. The van der Waals surface area contributed by atoms with Crippen molar-refractivity contribution in [2.45, 2.75) is 31.7 Å². The molecule has 1 spiro atoms. The van der Waals surface area contributed by atoms with E-state index in [2.05, 4.69) is 122 Å². The molecule has 0 bridgehead atoms. The monoisotopic (exact) mass is 507 g/mol. The third-order valence-corrected chi connectivity index (χ3v) is 8.16. The predicted octanol–water partition coefficient (Wildman–Crippen LogP) is 8.44. The van der Waals surface area contributed by atoms with Gasteiger partial charge in [-0.1, -0.05) is 78.9 Å². The zero-order valence-corrected chi connectivity index (χ0v) is 22.1. The smallest absolute Gasteiger partial charge is 0.132 e. The van der Waals surface area contributed by atoms with Crippen LogP contribution in [0.5, 0.6) is 11.5 Å². The van der Waals surface area contributed by atoms with Crippen molar-refractivity contribution in [3.05, 3.63) is 143 Å². The van der Waals surface area contributed by atoms with Crippen molar-refractivity contribution in [2.75, 3.05) is 4.90 Å². The highest BCUT2D eigenvalue weighted by atomic mass is 16.5. The van der Waals surface area contributed by atoms with Gasteiger partial charge in [0.05, 0.1) is 5.41 Å².